The molecule has 0 radical (unpaired) electrons. The van der Waals surface area contributed by atoms with Crippen molar-refractivity contribution < 1.29 is 0 Å². The molecule has 0 fully saturated rings. The van der Waals surface area contributed by atoms with Gasteiger partial charge >= 0.3 is 0 Å². The highest BCUT2D eigenvalue weighted by atomic mass is 35.5. The molecule has 4 rings (SSSR count). The fourth-order valence-corrected chi connectivity index (χ4v) is 2.94. The molecule has 0 saturated heterocycles. The molecule has 2 aromatic heterocycles. The molecule has 0 aliphatic heterocycles. The number of para-hydroxylation sites is 2. The average molecular weight is 308 g/mol. The number of imidazole rings is 2. The first kappa shape index (κ1) is 13.2. The highest BCUT2D eigenvalue weighted by Crippen LogP contribution is 2.26. The summed E-state index contributed by atoms with van der Waals surface area (Å²) in [7, 11) is 0. The summed E-state index contributed by atoms with van der Waals surface area (Å²) in [5, 5.41) is 0.731. The Morgan fingerprint density at radius 1 is 1.05 bits per heavy atom. The largest absolute Gasteiger partial charge is 0.306 e. The molecule has 3 nitrogen and oxygen atoms in total. The maximum atomic E-state index is 5.96. The first-order chi connectivity index (χ1) is 10.8. The second-order valence-corrected chi connectivity index (χ2v) is 5.63. The molecule has 0 bridgehead atoms. The van der Waals surface area contributed by atoms with E-state index in [0.29, 0.717) is 0 Å². The van der Waals surface area contributed by atoms with E-state index in [1.54, 1.807) is 0 Å². The zero-order chi connectivity index (χ0) is 15.1. The standard InChI is InChI=1S/C18H14ClN3/c1-2-11-21-16-5-3-4-6-17(16)22-12-15(20-18(21)22)13-7-9-14(19)10-8-13/h2-10,12H,1,11H2. The SMILES string of the molecule is C=CCn1c2ccccc2n2cc(-c3ccc(Cl)cc3)nc12. The second kappa shape index (κ2) is 5.04. The number of halogens is 1. The molecular formula is C18H14ClN3. The van der Waals surface area contributed by atoms with E-state index >= 15 is 0 Å². The van der Waals surface area contributed by atoms with Crippen molar-refractivity contribution in [2.75, 3.05) is 0 Å². The molecular weight excluding hydrogens is 294 g/mol. The normalized spacial score (nSPS) is 11.3. The lowest BCUT2D eigenvalue weighted by Gasteiger charge is -2.00. The van der Waals surface area contributed by atoms with Crippen LogP contribution in [0.25, 0.3) is 28.1 Å². The highest BCUT2D eigenvalue weighted by molar-refractivity contribution is 6.30. The third kappa shape index (κ3) is 1.94. The molecule has 0 saturated carbocycles. The molecule has 0 atom stereocenters. The van der Waals surface area contributed by atoms with Crippen LogP contribution in [-0.4, -0.2) is 14.0 Å². The van der Waals surface area contributed by atoms with Gasteiger partial charge in [0.05, 0.1) is 16.7 Å². The van der Waals surface area contributed by atoms with E-state index in [4.69, 9.17) is 16.6 Å². The number of aromatic nitrogens is 3. The van der Waals surface area contributed by atoms with Crippen LogP contribution in [0, 0.1) is 0 Å². The maximum absolute atomic E-state index is 5.96. The van der Waals surface area contributed by atoms with Gasteiger partial charge in [0.1, 0.15) is 0 Å². The van der Waals surface area contributed by atoms with E-state index in [-0.39, 0.29) is 0 Å². The van der Waals surface area contributed by atoms with Crippen LogP contribution in [0.5, 0.6) is 0 Å². The summed E-state index contributed by atoms with van der Waals surface area (Å²) in [5.74, 6) is 0.922. The lowest BCUT2D eigenvalue weighted by molar-refractivity contribution is 0.874. The third-order valence-electron chi connectivity index (χ3n) is 3.81. The van der Waals surface area contributed by atoms with Gasteiger partial charge in [-0.1, -0.05) is 41.9 Å². The van der Waals surface area contributed by atoms with E-state index in [1.165, 1.54) is 0 Å². The average Bonchev–Trinajstić information content (AvgIpc) is 3.08. The Morgan fingerprint density at radius 2 is 1.77 bits per heavy atom. The predicted octanol–water partition coefficient (Wildman–Crippen LogP) is 4.80. The van der Waals surface area contributed by atoms with Crippen LogP contribution in [0.3, 0.4) is 0 Å². The van der Waals surface area contributed by atoms with Crippen molar-refractivity contribution in [3.63, 3.8) is 0 Å². The maximum Gasteiger partial charge on any atom is 0.215 e. The molecule has 108 valence electrons. The van der Waals surface area contributed by atoms with Crippen molar-refractivity contribution in [1.82, 2.24) is 14.0 Å². The highest BCUT2D eigenvalue weighted by Gasteiger charge is 2.13. The summed E-state index contributed by atoms with van der Waals surface area (Å²) in [6, 6.07) is 16.1. The zero-order valence-electron chi connectivity index (χ0n) is 11.9. The van der Waals surface area contributed by atoms with Gasteiger partial charge in [-0.05, 0) is 24.3 Å². The zero-order valence-corrected chi connectivity index (χ0v) is 12.7. The van der Waals surface area contributed by atoms with Crippen molar-refractivity contribution in [3.05, 3.63) is 72.4 Å². The van der Waals surface area contributed by atoms with E-state index in [0.717, 1.165) is 39.6 Å². The van der Waals surface area contributed by atoms with Crippen LogP contribution in [-0.2, 0) is 6.54 Å². The first-order valence-corrected chi connectivity index (χ1v) is 7.49. The van der Waals surface area contributed by atoms with Crippen LogP contribution in [0.4, 0.5) is 0 Å². The number of allylic oxidation sites excluding steroid dienone is 1. The van der Waals surface area contributed by atoms with Crippen LogP contribution in [0.15, 0.2) is 67.4 Å². The van der Waals surface area contributed by atoms with Gasteiger partial charge in [0.15, 0.2) is 0 Å². The number of rotatable bonds is 3. The molecule has 0 spiro atoms. The Hall–Kier alpha value is -2.52. The number of hydrogen-bond acceptors (Lipinski definition) is 1. The van der Waals surface area contributed by atoms with Gasteiger partial charge in [0.2, 0.25) is 5.78 Å². The Balaban J connectivity index is 1.99. The van der Waals surface area contributed by atoms with Gasteiger partial charge in [0, 0.05) is 23.3 Å². The summed E-state index contributed by atoms with van der Waals surface area (Å²) in [6.45, 7) is 4.58. The molecule has 0 aliphatic carbocycles. The van der Waals surface area contributed by atoms with Gasteiger partial charge in [-0.3, -0.25) is 4.40 Å². The summed E-state index contributed by atoms with van der Waals surface area (Å²) >= 11 is 5.96. The Labute approximate surface area is 133 Å². The quantitative estimate of drug-likeness (QED) is 0.499. The number of hydrogen-bond donors (Lipinski definition) is 0. The summed E-state index contributed by atoms with van der Waals surface area (Å²) in [5.41, 5.74) is 4.30. The lowest BCUT2D eigenvalue weighted by atomic mass is 10.2. The molecule has 0 unspecified atom stereocenters. The van der Waals surface area contributed by atoms with Gasteiger partial charge in [-0.15, -0.1) is 6.58 Å². The monoisotopic (exact) mass is 307 g/mol. The van der Waals surface area contributed by atoms with Crippen molar-refractivity contribution in [2.24, 2.45) is 0 Å². The first-order valence-electron chi connectivity index (χ1n) is 7.11. The fourth-order valence-electron chi connectivity index (χ4n) is 2.81. The Bertz CT molecular complexity index is 977. The molecule has 0 aliphatic rings. The van der Waals surface area contributed by atoms with Crippen LogP contribution >= 0.6 is 11.6 Å². The molecule has 2 aromatic carbocycles. The van der Waals surface area contributed by atoms with Crippen molar-refractivity contribution in [2.45, 2.75) is 6.54 Å². The van der Waals surface area contributed by atoms with Crippen LogP contribution in [0.2, 0.25) is 5.02 Å². The molecule has 0 N–H and O–H groups in total. The lowest BCUT2D eigenvalue weighted by Crippen LogP contribution is -1.95. The number of benzene rings is 2. The number of fused-ring (bicyclic) bond motifs is 3. The van der Waals surface area contributed by atoms with Crippen LogP contribution < -0.4 is 0 Å². The van der Waals surface area contributed by atoms with Gasteiger partial charge in [-0.2, -0.15) is 0 Å². The van der Waals surface area contributed by atoms with Crippen LogP contribution in [0.1, 0.15) is 0 Å². The smallest absolute Gasteiger partial charge is 0.215 e. The molecule has 0 amide bonds. The minimum atomic E-state index is 0.730. The fraction of sp³-hybridized carbons (Fsp3) is 0.0556. The molecule has 22 heavy (non-hydrogen) atoms. The topological polar surface area (TPSA) is 22.2 Å². The number of nitrogens with zero attached hydrogens (tertiary/aromatic N) is 3. The van der Waals surface area contributed by atoms with Crippen molar-refractivity contribution in [1.29, 1.82) is 0 Å². The second-order valence-electron chi connectivity index (χ2n) is 5.19. The predicted molar refractivity (Wildman–Crippen MR) is 91.3 cm³/mol. The van der Waals surface area contributed by atoms with E-state index in [9.17, 15) is 0 Å². The van der Waals surface area contributed by atoms with E-state index < -0.39 is 0 Å². The minimum Gasteiger partial charge on any atom is -0.306 e. The molecule has 4 aromatic rings. The van der Waals surface area contributed by atoms with Crippen molar-refractivity contribution >= 4 is 28.4 Å². The van der Waals surface area contributed by atoms with Crippen molar-refractivity contribution in [3.8, 4) is 11.3 Å². The van der Waals surface area contributed by atoms with E-state index in [1.807, 2.05) is 42.5 Å². The molecule has 2 heterocycles. The minimum absolute atomic E-state index is 0.730. The van der Waals surface area contributed by atoms with E-state index in [2.05, 4.69) is 33.9 Å². The van der Waals surface area contributed by atoms with Gasteiger partial charge in [-0.25, -0.2) is 4.98 Å². The Morgan fingerprint density at radius 3 is 2.50 bits per heavy atom. The summed E-state index contributed by atoms with van der Waals surface area (Å²) in [4.78, 5) is 4.80. The summed E-state index contributed by atoms with van der Waals surface area (Å²) < 4.78 is 4.30. The van der Waals surface area contributed by atoms with Gasteiger partial charge < -0.3 is 4.57 Å². The third-order valence-corrected chi connectivity index (χ3v) is 4.06. The van der Waals surface area contributed by atoms with Gasteiger partial charge in [0.25, 0.3) is 0 Å². The molecule has 4 heteroatoms. The summed E-state index contributed by atoms with van der Waals surface area (Å²) in [6.07, 6.45) is 3.96. The Kier molecular flexibility index (Phi) is 3.01.